The van der Waals surface area contributed by atoms with Crippen molar-refractivity contribution in [2.75, 3.05) is 13.2 Å². The van der Waals surface area contributed by atoms with Crippen LogP contribution in [0.15, 0.2) is 64.9 Å². The number of ether oxygens (including phenoxy) is 2. The zero-order valence-corrected chi connectivity index (χ0v) is 21.4. The number of hydrogen-bond acceptors (Lipinski definition) is 4. The van der Waals surface area contributed by atoms with Crippen LogP contribution in [0.4, 0.5) is 4.39 Å². The first kappa shape index (κ1) is 25.6. The number of benzene rings is 2. The second-order valence-electron chi connectivity index (χ2n) is 10.2. The van der Waals surface area contributed by atoms with Gasteiger partial charge in [-0.1, -0.05) is 30.4 Å². The van der Waals surface area contributed by atoms with Gasteiger partial charge in [-0.25, -0.2) is 9.18 Å². The molecule has 0 aliphatic carbocycles. The lowest BCUT2D eigenvalue weighted by atomic mass is 9.85. The van der Waals surface area contributed by atoms with Crippen molar-refractivity contribution in [3.8, 4) is 0 Å². The monoisotopic (exact) mass is 489 g/mol. The predicted molar refractivity (Wildman–Crippen MR) is 142 cm³/mol. The molecule has 4 rings (SSSR count). The fraction of sp³-hybridized carbons (Fsp3) is 0.333. The second-order valence-corrected chi connectivity index (χ2v) is 10.2. The number of hydrogen-bond donors (Lipinski definition) is 1. The number of fused-ring (bicyclic) bond motifs is 3. The van der Waals surface area contributed by atoms with Crippen LogP contribution >= 0.6 is 0 Å². The van der Waals surface area contributed by atoms with Gasteiger partial charge in [0.25, 0.3) is 0 Å². The van der Waals surface area contributed by atoms with Crippen molar-refractivity contribution in [2.45, 2.75) is 52.7 Å². The molecule has 36 heavy (non-hydrogen) atoms. The quantitative estimate of drug-likeness (QED) is 0.513. The lowest BCUT2D eigenvalue weighted by Crippen LogP contribution is -2.29. The Hall–Kier alpha value is -3.51. The average molecular weight is 490 g/mol. The molecule has 0 spiro atoms. The third kappa shape index (κ3) is 5.05. The summed E-state index contributed by atoms with van der Waals surface area (Å²) in [6, 6.07) is 5.52. The summed E-state index contributed by atoms with van der Waals surface area (Å²) in [6.45, 7) is 13.8. The zero-order valence-electron chi connectivity index (χ0n) is 21.4. The molecule has 2 aliphatic rings. The average Bonchev–Trinajstić information content (AvgIpc) is 2.80. The van der Waals surface area contributed by atoms with Gasteiger partial charge in [-0.15, -0.1) is 0 Å². The van der Waals surface area contributed by atoms with Gasteiger partial charge in [0.1, 0.15) is 11.6 Å². The first-order chi connectivity index (χ1) is 17.0. The smallest absolute Gasteiger partial charge is 0.337 e. The van der Waals surface area contributed by atoms with Crippen molar-refractivity contribution in [3.63, 3.8) is 0 Å². The van der Waals surface area contributed by atoms with Crippen LogP contribution in [0.3, 0.4) is 0 Å². The molecular formula is C30H32FNO4. The summed E-state index contributed by atoms with van der Waals surface area (Å²) < 4.78 is 27.6. The van der Waals surface area contributed by atoms with E-state index in [1.807, 2.05) is 37.3 Å². The Kier molecular flexibility index (Phi) is 7.01. The third-order valence-electron chi connectivity index (χ3n) is 6.36. The summed E-state index contributed by atoms with van der Waals surface area (Å²) in [6.07, 6.45) is 6.77. The van der Waals surface area contributed by atoms with E-state index in [0.29, 0.717) is 34.3 Å². The van der Waals surface area contributed by atoms with Crippen LogP contribution in [-0.4, -0.2) is 36.0 Å². The summed E-state index contributed by atoms with van der Waals surface area (Å²) >= 11 is 0. The highest BCUT2D eigenvalue weighted by Crippen LogP contribution is 2.41. The minimum Gasteiger partial charge on any atom is -0.493 e. The van der Waals surface area contributed by atoms with E-state index in [4.69, 9.17) is 9.47 Å². The van der Waals surface area contributed by atoms with E-state index in [-0.39, 0.29) is 12.1 Å². The van der Waals surface area contributed by atoms with E-state index < -0.39 is 23.5 Å². The summed E-state index contributed by atoms with van der Waals surface area (Å²) in [5.74, 6) is -0.976. The first-order valence-electron chi connectivity index (χ1n) is 12.0. The van der Waals surface area contributed by atoms with Crippen molar-refractivity contribution < 1.29 is 23.8 Å². The van der Waals surface area contributed by atoms with E-state index in [2.05, 4.69) is 11.6 Å². The molecule has 6 heteroatoms. The maximum atomic E-state index is 15.8. The molecule has 2 aliphatic heterocycles. The molecule has 2 bridgehead atoms. The molecule has 1 atom stereocenters. The maximum Gasteiger partial charge on any atom is 0.337 e. The van der Waals surface area contributed by atoms with Gasteiger partial charge in [0.2, 0.25) is 0 Å². The zero-order chi connectivity index (χ0) is 26.2. The number of allylic oxidation sites excluding steroid dienone is 4. The fourth-order valence-electron chi connectivity index (χ4n) is 4.66. The Balaban J connectivity index is 2.06. The molecule has 2 heterocycles. The summed E-state index contributed by atoms with van der Waals surface area (Å²) in [5, 5.41) is 11.3. The van der Waals surface area contributed by atoms with Crippen molar-refractivity contribution in [1.82, 2.24) is 0 Å². The molecule has 5 nitrogen and oxygen atoms in total. The van der Waals surface area contributed by atoms with E-state index >= 15 is 4.39 Å². The molecule has 0 amide bonds. The standard InChI is InChI=1S/C30H32FNO4/c1-17-7-9-22-23(15-17)27(31)19(3)25(28(29(33)34)36-30(4,5)6)26(22)21-8-10-24-18(2)20(12-14-35-24)11-13-32-16-21/h7-11,13,15,28H,2,12,14,16H2,1,3-6H3,(H,33,34)/b20-11-,21-8+,24-10?,32-13?/t28-/m0/s1. The maximum absolute atomic E-state index is 15.8. The Labute approximate surface area is 211 Å². The molecule has 2 aromatic rings. The van der Waals surface area contributed by atoms with Gasteiger partial charge in [0, 0.05) is 29.2 Å². The lowest BCUT2D eigenvalue weighted by molar-refractivity contribution is -0.160. The normalized spacial score (nSPS) is 20.1. The van der Waals surface area contributed by atoms with E-state index in [1.165, 1.54) is 0 Å². The van der Waals surface area contributed by atoms with Gasteiger partial charge < -0.3 is 14.6 Å². The number of aliphatic imine (C=N–C) groups is 1. The number of rotatable bonds is 4. The highest BCUT2D eigenvalue weighted by molar-refractivity contribution is 5.99. The summed E-state index contributed by atoms with van der Waals surface area (Å²) in [5.41, 5.74) is 3.87. The number of carbonyl (C=O) groups is 1. The van der Waals surface area contributed by atoms with Crippen LogP contribution in [0.5, 0.6) is 0 Å². The first-order valence-corrected chi connectivity index (χ1v) is 12.0. The summed E-state index contributed by atoms with van der Waals surface area (Å²) in [4.78, 5) is 17.1. The van der Waals surface area contributed by atoms with E-state index in [0.717, 1.165) is 28.7 Å². The Morgan fingerprint density at radius 3 is 2.61 bits per heavy atom. The molecule has 0 aromatic heterocycles. The fourth-order valence-corrected chi connectivity index (χ4v) is 4.66. The SMILES string of the molecule is C=C1C2=C/C=C(/c3c([C@H](OC(C)(C)C)C(=O)O)c(C)c(F)c4cc(C)ccc34)CN=C/C=C\1CCO2. The van der Waals surface area contributed by atoms with Crippen molar-refractivity contribution in [2.24, 2.45) is 4.99 Å². The largest absolute Gasteiger partial charge is 0.493 e. The minimum atomic E-state index is -1.37. The number of carboxylic acid groups (broad SMARTS) is 1. The molecule has 1 fully saturated rings. The highest BCUT2D eigenvalue weighted by Gasteiger charge is 2.33. The molecule has 188 valence electrons. The molecule has 0 unspecified atom stereocenters. The molecule has 0 saturated carbocycles. The highest BCUT2D eigenvalue weighted by atomic mass is 19.1. The van der Waals surface area contributed by atoms with Crippen LogP contribution in [0.2, 0.25) is 0 Å². The number of nitrogens with zero attached hydrogens (tertiary/aromatic N) is 1. The van der Waals surface area contributed by atoms with Crippen LogP contribution < -0.4 is 0 Å². The molecule has 1 N–H and O–H groups in total. The number of aryl methyl sites for hydroxylation is 1. The number of halogens is 1. The van der Waals surface area contributed by atoms with Crippen LogP contribution in [-0.2, 0) is 14.3 Å². The van der Waals surface area contributed by atoms with Gasteiger partial charge in [-0.3, -0.25) is 4.99 Å². The Morgan fingerprint density at radius 1 is 1.17 bits per heavy atom. The van der Waals surface area contributed by atoms with Gasteiger partial charge in [-0.2, -0.15) is 0 Å². The van der Waals surface area contributed by atoms with Gasteiger partial charge in [-0.05, 0) is 80.5 Å². The molecule has 2 aromatic carbocycles. The van der Waals surface area contributed by atoms with Gasteiger partial charge in [0.15, 0.2) is 6.10 Å². The topological polar surface area (TPSA) is 68.1 Å². The van der Waals surface area contributed by atoms with E-state index in [1.54, 1.807) is 40.0 Å². The van der Waals surface area contributed by atoms with Crippen LogP contribution in [0.1, 0.15) is 55.5 Å². The van der Waals surface area contributed by atoms with Gasteiger partial charge in [0.05, 0.1) is 18.8 Å². The lowest BCUT2D eigenvalue weighted by Gasteiger charge is -2.29. The van der Waals surface area contributed by atoms with Crippen molar-refractivity contribution in [3.05, 3.63) is 88.0 Å². The van der Waals surface area contributed by atoms with Crippen molar-refractivity contribution in [1.29, 1.82) is 0 Å². The van der Waals surface area contributed by atoms with Crippen molar-refractivity contribution >= 4 is 28.5 Å². The number of aliphatic carboxylic acids is 1. The molecule has 1 saturated heterocycles. The molecule has 0 radical (unpaired) electrons. The predicted octanol–water partition coefficient (Wildman–Crippen LogP) is 6.79. The molecular weight excluding hydrogens is 457 g/mol. The third-order valence-corrected chi connectivity index (χ3v) is 6.36. The second kappa shape index (κ2) is 9.86. The number of carboxylic acids is 1. The van der Waals surface area contributed by atoms with Crippen LogP contribution in [0.25, 0.3) is 16.3 Å². The van der Waals surface area contributed by atoms with Crippen LogP contribution in [0, 0.1) is 19.7 Å². The van der Waals surface area contributed by atoms with Gasteiger partial charge >= 0.3 is 5.97 Å². The minimum absolute atomic E-state index is 0.245. The Morgan fingerprint density at radius 2 is 1.92 bits per heavy atom. The van der Waals surface area contributed by atoms with E-state index in [9.17, 15) is 9.90 Å². The summed E-state index contributed by atoms with van der Waals surface area (Å²) in [7, 11) is 0. The Bertz CT molecular complexity index is 1370.